The number of benzene rings is 2. The van der Waals surface area contributed by atoms with Gasteiger partial charge in [0.1, 0.15) is 18.1 Å². The molecule has 0 saturated heterocycles. The number of aryl methyl sites for hydroxylation is 1. The van der Waals surface area contributed by atoms with Crippen LogP contribution in [0.2, 0.25) is 0 Å². The molecule has 8 heteroatoms. The number of ether oxygens (including phenoxy) is 1. The van der Waals surface area contributed by atoms with Gasteiger partial charge in [-0.2, -0.15) is 5.10 Å². The molecule has 0 unspecified atom stereocenters. The molecule has 4 bridgehead atoms. The van der Waals surface area contributed by atoms with E-state index < -0.39 is 0 Å². The highest BCUT2D eigenvalue weighted by molar-refractivity contribution is 5.98. The lowest BCUT2D eigenvalue weighted by atomic mass is 9.53. The van der Waals surface area contributed by atoms with Crippen molar-refractivity contribution in [3.8, 4) is 22.6 Å². The summed E-state index contributed by atoms with van der Waals surface area (Å²) in [5, 5.41) is 11.4. The molecule has 3 aromatic rings. The number of hydrogen-bond acceptors (Lipinski definition) is 4. The molecule has 1 aromatic heterocycles. The number of hydrogen-bond donors (Lipinski definition) is 2. The number of rotatable bonds is 10. The number of methoxy groups -OCH3 is 1. The standard InChI is InChI=1S/C34H43N5O3/c1-4-5-15-38(33(41)36-34-19-24-16-25(20-34)18-26(17-24)21-34)22-30(40)35-32-31(27-9-7-6-8-10-27)23(2)37-39(32)28-11-13-29(42-3)14-12-28/h6-14,24-26H,4-5,15-22H2,1-3H3,(H,35,40)(H,36,41). The first-order valence-electron chi connectivity index (χ1n) is 15.5. The molecule has 2 N–H and O–H groups in total. The Labute approximate surface area is 248 Å². The maximum Gasteiger partial charge on any atom is 0.318 e. The molecule has 8 nitrogen and oxygen atoms in total. The second-order valence-electron chi connectivity index (χ2n) is 12.7. The number of unbranched alkanes of at least 4 members (excludes halogenated alkanes) is 1. The van der Waals surface area contributed by atoms with Crippen LogP contribution in [0.1, 0.15) is 64.0 Å². The van der Waals surface area contributed by atoms with E-state index in [1.807, 2.05) is 61.5 Å². The molecular weight excluding hydrogens is 526 g/mol. The third-order valence-electron chi connectivity index (χ3n) is 9.51. The van der Waals surface area contributed by atoms with Crippen LogP contribution in [0.3, 0.4) is 0 Å². The van der Waals surface area contributed by atoms with Gasteiger partial charge in [0.15, 0.2) is 0 Å². The van der Waals surface area contributed by atoms with Gasteiger partial charge in [-0.05, 0) is 99.5 Å². The Morgan fingerprint density at radius 2 is 1.64 bits per heavy atom. The number of nitrogens with one attached hydrogen (secondary N) is 2. The number of carbonyl (C=O) groups excluding carboxylic acids is 2. The van der Waals surface area contributed by atoms with Crippen LogP contribution in [-0.2, 0) is 4.79 Å². The molecule has 7 rings (SSSR count). The lowest BCUT2D eigenvalue weighted by Gasteiger charge is -2.57. The Morgan fingerprint density at radius 3 is 2.24 bits per heavy atom. The van der Waals surface area contributed by atoms with Crippen LogP contribution < -0.4 is 15.4 Å². The van der Waals surface area contributed by atoms with Gasteiger partial charge in [-0.3, -0.25) is 4.79 Å². The van der Waals surface area contributed by atoms with E-state index in [1.54, 1.807) is 16.7 Å². The Bertz CT molecular complexity index is 1380. The van der Waals surface area contributed by atoms with Gasteiger partial charge in [-0.1, -0.05) is 43.7 Å². The van der Waals surface area contributed by atoms with Crippen molar-refractivity contribution in [2.24, 2.45) is 17.8 Å². The summed E-state index contributed by atoms with van der Waals surface area (Å²) in [5.41, 5.74) is 3.33. The van der Waals surface area contributed by atoms with Gasteiger partial charge >= 0.3 is 6.03 Å². The van der Waals surface area contributed by atoms with Crippen molar-refractivity contribution in [3.05, 3.63) is 60.3 Å². The van der Waals surface area contributed by atoms with Crippen molar-refractivity contribution >= 4 is 17.8 Å². The molecular formula is C34H43N5O3. The zero-order valence-electron chi connectivity index (χ0n) is 25.1. The topological polar surface area (TPSA) is 88.5 Å². The average Bonchev–Trinajstić information content (AvgIpc) is 3.29. The van der Waals surface area contributed by atoms with E-state index >= 15 is 0 Å². The molecule has 4 fully saturated rings. The van der Waals surface area contributed by atoms with E-state index in [1.165, 1.54) is 19.3 Å². The predicted octanol–water partition coefficient (Wildman–Crippen LogP) is 6.58. The maximum absolute atomic E-state index is 13.8. The molecule has 1 heterocycles. The van der Waals surface area contributed by atoms with Crippen molar-refractivity contribution in [1.82, 2.24) is 20.0 Å². The number of aromatic nitrogens is 2. The number of amides is 3. The monoisotopic (exact) mass is 569 g/mol. The summed E-state index contributed by atoms with van der Waals surface area (Å²) in [4.78, 5) is 29.2. The Kier molecular flexibility index (Phi) is 7.97. The van der Waals surface area contributed by atoms with Crippen LogP contribution in [0.5, 0.6) is 5.75 Å². The second kappa shape index (κ2) is 11.8. The van der Waals surface area contributed by atoms with Crippen LogP contribution in [0.15, 0.2) is 54.6 Å². The van der Waals surface area contributed by atoms with E-state index in [4.69, 9.17) is 9.84 Å². The molecule has 4 aliphatic rings. The molecule has 42 heavy (non-hydrogen) atoms. The van der Waals surface area contributed by atoms with Gasteiger partial charge in [-0.25, -0.2) is 9.48 Å². The fraction of sp³-hybridized carbons (Fsp3) is 0.500. The first kappa shape index (κ1) is 28.3. The first-order valence-corrected chi connectivity index (χ1v) is 15.5. The predicted molar refractivity (Wildman–Crippen MR) is 165 cm³/mol. The summed E-state index contributed by atoms with van der Waals surface area (Å²) in [6.07, 6.45) is 9.01. The van der Waals surface area contributed by atoms with Crippen LogP contribution in [0.25, 0.3) is 16.8 Å². The van der Waals surface area contributed by atoms with E-state index in [-0.39, 0.29) is 24.0 Å². The minimum Gasteiger partial charge on any atom is -0.497 e. The van der Waals surface area contributed by atoms with Crippen LogP contribution in [-0.4, -0.2) is 52.4 Å². The zero-order chi connectivity index (χ0) is 29.3. The molecule has 0 spiro atoms. The number of carbonyl (C=O) groups is 2. The zero-order valence-corrected chi connectivity index (χ0v) is 25.1. The third-order valence-corrected chi connectivity index (χ3v) is 9.51. The quantitative estimate of drug-likeness (QED) is 0.289. The minimum atomic E-state index is -0.237. The maximum atomic E-state index is 13.8. The molecule has 3 amide bonds. The van der Waals surface area contributed by atoms with Gasteiger partial charge in [-0.15, -0.1) is 0 Å². The van der Waals surface area contributed by atoms with E-state index in [0.717, 1.165) is 78.1 Å². The second-order valence-corrected chi connectivity index (χ2v) is 12.7. The number of nitrogens with zero attached hydrogens (tertiary/aromatic N) is 3. The van der Waals surface area contributed by atoms with Crippen molar-refractivity contribution in [2.45, 2.75) is 70.8 Å². The summed E-state index contributed by atoms with van der Waals surface area (Å²) in [6.45, 7) is 4.59. The number of urea groups is 1. The van der Waals surface area contributed by atoms with Gasteiger partial charge < -0.3 is 20.3 Å². The van der Waals surface area contributed by atoms with Crippen molar-refractivity contribution in [2.75, 3.05) is 25.5 Å². The summed E-state index contributed by atoms with van der Waals surface area (Å²) < 4.78 is 7.11. The molecule has 4 saturated carbocycles. The summed E-state index contributed by atoms with van der Waals surface area (Å²) in [7, 11) is 1.63. The molecule has 2 aromatic carbocycles. The molecule has 0 aliphatic heterocycles. The average molecular weight is 570 g/mol. The molecule has 4 aliphatic carbocycles. The van der Waals surface area contributed by atoms with Gasteiger partial charge in [0.2, 0.25) is 5.91 Å². The smallest absolute Gasteiger partial charge is 0.318 e. The normalized spacial score (nSPS) is 23.9. The summed E-state index contributed by atoms with van der Waals surface area (Å²) >= 11 is 0. The van der Waals surface area contributed by atoms with Crippen molar-refractivity contribution in [1.29, 1.82) is 0 Å². The molecule has 222 valence electrons. The first-order chi connectivity index (χ1) is 20.4. The minimum absolute atomic E-state index is 0.0146. The highest BCUT2D eigenvalue weighted by atomic mass is 16.5. The fourth-order valence-corrected chi connectivity index (χ4v) is 8.02. The highest BCUT2D eigenvalue weighted by Gasteiger charge is 2.51. The lowest BCUT2D eigenvalue weighted by molar-refractivity contribution is -0.116. The SMILES string of the molecule is CCCCN(CC(=O)Nc1c(-c2ccccc2)c(C)nn1-c1ccc(OC)cc1)C(=O)NC12CC3CC(CC(C3)C1)C2. The molecule has 0 atom stereocenters. The fourth-order valence-electron chi connectivity index (χ4n) is 8.02. The summed E-state index contributed by atoms with van der Waals surface area (Å²) in [6, 6.07) is 17.4. The van der Waals surface area contributed by atoms with Crippen LogP contribution in [0.4, 0.5) is 10.6 Å². The van der Waals surface area contributed by atoms with Crippen LogP contribution >= 0.6 is 0 Å². The highest BCUT2D eigenvalue weighted by Crippen LogP contribution is 2.55. The van der Waals surface area contributed by atoms with Gasteiger partial charge in [0, 0.05) is 17.6 Å². The molecule has 0 radical (unpaired) electrons. The number of anilines is 1. The Balaban J connectivity index is 1.24. The van der Waals surface area contributed by atoms with Gasteiger partial charge in [0.25, 0.3) is 0 Å². The van der Waals surface area contributed by atoms with Gasteiger partial charge in [0.05, 0.1) is 18.5 Å². The summed E-state index contributed by atoms with van der Waals surface area (Å²) in [5.74, 6) is 3.31. The largest absolute Gasteiger partial charge is 0.497 e. The van der Waals surface area contributed by atoms with Crippen molar-refractivity contribution < 1.29 is 14.3 Å². The Morgan fingerprint density at radius 1 is 1.00 bits per heavy atom. The lowest BCUT2D eigenvalue weighted by Crippen LogP contribution is -2.62. The van der Waals surface area contributed by atoms with E-state index in [0.29, 0.717) is 12.4 Å². The Hall–Kier alpha value is -3.81. The van der Waals surface area contributed by atoms with E-state index in [9.17, 15) is 9.59 Å². The third kappa shape index (κ3) is 5.76. The van der Waals surface area contributed by atoms with E-state index in [2.05, 4.69) is 17.6 Å². The van der Waals surface area contributed by atoms with Crippen molar-refractivity contribution in [3.63, 3.8) is 0 Å². The van der Waals surface area contributed by atoms with Crippen LogP contribution in [0, 0.1) is 24.7 Å².